The van der Waals surface area contributed by atoms with E-state index >= 15 is 0 Å². The van der Waals surface area contributed by atoms with Crippen molar-refractivity contribution in [1.29, 1.82) is 0 Å². The number of benzene rings is 1. The molecule has 2 rings (SSSR count). The monoisotopic (exact) mass is 288 g/mol. The van der Waals surface area contributed by atoms with Crippen LogP contribution in [0.2, 0.25) is 0 Å². The number of carbonyl (C=O) groups is 1. The maximum atomic E-state index is 13.8. The summed E-state index contributed by atoms with van der Waals surface area (Å²) < 4.78 is 13.8. The maximum Gasteiger partial charge on any atom is 0.272 e. The lowest BCUT2D eigenvalue weighted by atomic mass is 10.1. The number of pyridine rings is 1. The normalized spacial score (nSPS) is 11.8. The van der Waals surface area contributed by atoms with E-state index in [1.165, 1.54) is 11.0 Å². The summed E-state index contributed by atoms with van der Waals surface area (Å²) in [5, 5.41) is 0. The molecule has 0 aliphatic carbocycles. The van der Waals surface area contributed by atoms with Crippen LogP contribution in [-0.2, 0) is 0 Å². The van der Waals surface area contributed by atoms with Gasteiger partial charge in [-0.1, -0.05) is 24.3 Å². The molecule has 1 atom stereocenters. The predicted molar refractivity (Wildman–Crippen MR) is 79.0 cm³/mol. The smallest absolute Gasteiger partial charge is 0.272 e. The van der Waals surface area contributed by atoms with E-state index in [0.717, 1.165) is 0 Å². The fraction of sp³-hybridized carbons (Fsp3) is 0.200. The highest BCUT2D eigenvalue weighted by atomic mass is 19.1. The minimum Gasteiger partial charge on any atom is -0.334 e. The molecule has 0 spiro atoms. The summed E-state index contributed by atoms with van der Waals surface area (Å²) in [6, 6.07) is 10.9. The van der Waals surface area contributed by atoms with E-state index in [0.29, 0.717) is 11.4 Å². The van der Waals surface area contributed by atoms with Crippen LogP contribution in [0.25, 0.3) is 0 Å². The van der Waals surface area contributed by atoms with Crippen molar-refractivity contribution in [3.05, 3.63) is 59.5 Å². The minimum absolute atomic E-state index is 0.246. The molecule has 1 amide bonds. The zero-order valence-electron chi connectivity index (χ0n) is 11.9. The summed E-state index contributed by atoms with van der Waals surface area (Å²) in [5.74, 6) is 5.03. The van der Waals surface area contributed by atoms with Gasteiger partial charge in [-0.15, -0.1) is 0 Å². The average molecular weight is 288 g/mol. The van der Waals surface area contributed by atoms with Crippen molar-refractivity contribution in [1.82, 2.24) is 9.88 Å². The molecule has 0 bridgehead atoms. The van der Waals surface area contributed by atoms with E-state index in [4.69, 9.17) is 5.84 Å². The average Bonchev–Trinajstić information content (AvgIpc) is 2.53. The molecule has 6 heteroatoms. The molecule has 1 unspecified atom stereocenters. The molecule has 1 aromatic heterocycles. The van der Waals surface area contributed by atoms with Gasteiger partial charge in [-0.25, -0.2) is 15.2 Å². The second kappa shape index (κ2) is 6.32. The first-order valence-electron chi connectivity index (χ1n) is 6.50. The first-order chi connectivity index (χ1) is 10.0. The topological polar surface area (TPSA) is 71.2 Å². The Morgan fingerprint density at radius 2 is 2.00 bits per heavy atom. The van der Waals surface area contributed by atoms with E-state index in [-0.39, 0.29) is 17.4 Å². The summed E-state index contributed by atoms with van der Waals surface area (Å²) in [6.45, 7) is 1.77. The van der Waals surface area contributed by atoms with Gasteiger partial charge in [0.2, 0.25) is 0 Å². The molecule has 0 saturated carbocycles. The van der Waals surface area contributed by atoms with Crippen LogP contribution >= 0.6 is 0 Å². The van der Waals surface area contributed by atoms with E-state index in [1.807, 2.05) is 0 Å². The highest BCUT2D eigenvalue weighted by Gasteiger charge is 2.22. The Morgan fingerprint density at radius 1 is 1.29 bits per heavy atom. The van der Waals surface area contributed by atoms with Gasteiger partial charge in [0.15, 0.2) is 0 Å². The molecule has 5 nitrogen and oxygen atoms in total. The second-order valence-electron chi connectivity index (χ2n) is 4.67. The highest BCUT2D eigenvalue weighted by Crippen LogP contribution is 2.23. The Balaban J connectivity index is 2.24. The van der Waals surface area contributed by atoms with Crippen molar-refractivity contribution in [2.75, 3.05) is 12.5 Å². The molecule has 1 heterocycles. The number of nitrogens with zero attached hydrogens (tertiary/aromatic N) is 2. The van der Waals surface area contributed by atoms with Crippen molar-refractivity contribution in [2.45, 2.75) is 13.0 Å². The first-order valence-corrected chi connectivity index (χ1v) is 6.50. The Morgan fingerprint density at radius 3 is 2.67 bits per heavy atom. The van der Waals surface area contributed by atoms with Crippen molar-refractivity contribution in [3.63, 3.8) is 0 Å². The number of halogens is 1. The number of aromatic nitrogens is 1. The number of hydrogen-bond donors (Lipinski definition) is 2. The van der Waals surface area contributed by atoms with E-state index in [2.05, 4.69) is 10.4 Å². The lowest BCUT2D eigenvalue weighted by molar-refractivity contribution is 0.0734. The third-order valence-electron chi connectivity index (χ3n) is 3.37. The van der Waals surface area contributed by atoms with Crippen molar-refractivity contribution >= 4 is 11.7 Å². The predicted octanol–water partition coefficient (Wildman–Crippen LogP) is 2.34. The molecule has 21 heavy (non-hydrogen) atoms. The number of rotatable bonds is 4. The van der Waals surface area contributed by atoms with Gasteiger partial charge >= 0.3 is 0 Å². The second-order valence-corrected chi connectivity index (χ2v) is 4.67. The van der Waals surface area contributed by atoms with Gasteiger partial charge in [0.1, 0.15) is 17.3 Å². The molecule has 3 N–H and O–H groups in total. The van der Waals surface area contributed by atoms with Crippen molar-refractivity contribution in [2.24, 2.45) is 5.84 Å². The summed E-state index contributed by atoms with van der Waals surface area (Å²) in [4.78, 5) is 17.9. The molecule has 110 valence electrons. The lowest BCUT2D eigenvalue weighted by Gasteiger charge is -2.25. The van der Waals surface area contributed by atoms with E-state index < -0.39 is 6.04 Å². The van der Waals surface area contributed by atoms with Crippen LogP contribution in [0.1, 0.15) is 29.0 Å². The summed E-state index contributed by atoms with van der Waals surface area (Å²) in [7, 11) is 1.61. The van der Waals surface area contributed by atoms with Crippen molar-refractivity contribution in [3.8, 4) is 0 Å². The fourth-order valence-electron chi connectivity index (χ4n) is 2.01. The van der Waals surface area contributed by atoms with Crippen LogP contribution in [0.15, 0.2) is 42.5 Å². The number of hydrazine groups is 1. The number of hydrogen-bond acceptors (Lipinski definition) is 4. The number of amides is 1. The molecule has 0 saturated heterocycles. The van der Waals surface area contributed by atoms with Crippen LogP contribution in [-0.4, -0.2) is 22.8 Å². The maximum absolute atomic E-state index is 13.8. The quantitative estimate of drug-likeness (QED) is 0.669. The van der Waals surface area contributed by atoms with Crippen LogP contribution in [0.3, 0.4) is 0 Å². The molecule has 0 aliphatic rings. The van der Waals surface area contributed by atoms with Crippen LogP contribution < -0.4 is 11.3 Å². The van der Waals surface area contributed by atoms with Gasteiger partial charge in [0.05, 0.1) is 6.04 Å². The number of nitrogen functional groups attached to an aromatic ring is 1. The molecule has 1 aromatic carbocycles. The van der Waals surface area contributed by atoms with Crippen LogP contribution in [0.5, 0.6) is 0 Å². The number of nitrogens with two attached hydrogens (primary N) is 1. The van der Waals surface area contributed by atoms with Gasteiger partial charge in [-0.2, -0.15) is 0 Å². The Bertz CT molecular complexity index is 647. The van der Waals surface area contributed by atoms with Crippen molar-refractivity contribution < 1.29 is 9.18 Å². The Kier molecular flexibility index (Phi) is 4.49. The zero-order chi connectivity index (χ0) is 15.4. The molecular weight excluding hydrogens is 271 g/mol. The molecular formula is C15H17FN4O. The first kappa shape index (κ1) is 14.9. The largest absolute Gasteiger partial charge is 0.334 e. The van der Waals surface area contributed by atoms with Crippen LogP contribution in [0.4, 0.5) is 10.2 Å². The summed E-state index contributed by atoms with van der Waals surface area (Å²) in [5.41, 5.74) is 3.10. The number of carbonyl (C=O) groups excluding carboxylic acids is 1. The zero-order valence-corrected chi connectivity index (χ0v) is 11.9. The molecule has 0 fully saturated rings. The van der Waals surface area contributed by atoms with Gasteiger partial charge in [0, 0.05) is 12.6 Å². The highest BCUT2D eigenvalue weighted by molar-refractivity contribution is 5.92. The van der Waals surface area contributed by atoms with Gasteiger partial charge < -0.3 is 10.3 Å². The third-order valence-corrected chi connectivity index (χ3v) is 3.37. The van der Waals surface area contributed by atoms with E-state index in [9.17, 15) is 9.18 Å². The van der Waals surface area contributed by atoms with Gasteiger partial charge in [-0.3, -0.25) is 4.79 Å². The van der Waals surface area contributed by atoms with Gasteiger partial charge in [-0.05, 0) is 25.1 Å². The third kappa shape index (κ3) is 3.17. The van der Waals surface area contributed by atoms with Gasteiger partial charge in [0.25, 0.3) is 5.91 Å². The number of anilines is 1. The SMILES string of the molecule is CC(c1ccccc1F)N(C)C(=O)c1cccc(NN)n1. The summed E-state index contributed by atoms with van der Waals surface area (Å²) >= 11 is 0. The van der Waals surface area contributed by atoms with Crippen LogP contribution in [0, 0.1) is 5.82 Å². The Hall–Kier alpha value is -2.47. The van der Waals surface area contributed by atoms with E-state index in [1.54, 1.807) is 50.4 Å². The lowest BCUT2D eigenvalue weighted by Crippen LogP contribution is -2.31. The molecule has 0 radical (unpaired) electrons. The molecule has 2 aromatic rings. The fourth-order valence-corrected chi connectivity index (χ4v) is 2.01. The Labute approximate surface area is 122 Å². The standard InChI is InChI=1S/C15H17FN4O/c1-10(11-6-3-4-7-12(11)16)20(2)15(21)13-8-5-9-14(18-13)19-17/h3-10H,17H2,1-2H3,(H,18,19). The number of nitrogens with one attached hydrogen (secondary N) is 1. The minimum atomic E-state index is -0.407. The molecule has 0 aliphatic heterocycles. The summed E-state index contributed by atoms with van der Waals surface area (Å²) in [6.07, 6.45) is 0.